The van der Waals surface area contributed by atoms with Crippen molar-refractivity contribution in [3.8, 4) is 16.2 Å². The fourth-order valence-electron chi connectivity index (χ4n) is 2.71. The van der Waals surface area contributed by atoms with Gasteiger partial charge in [-0.3, -0.25) is 5.43 Å². The number of nitrogens with one attached hydrogen (secondary N) is 1. The molecule has 0 fully saturated rings. The number of rotatable bonds is 6. The molecule has 8 heteroatoms. The molecule has 4 rings (SSSR count). The van der Waals surface area contributed by atoms with Crippen LogP contribution in [-0.4, -0.2) is 34.4 Å². The van der Waals surface area contributed by atoms with Crippen molar-refractivity contribution in [2.24, 2.45) is 5.10 Å². The third-order valence-electron chi connectivity index (χ3n) is 4.23. The average molecular weight is 404 g/mol. The molecular weight excluding hydrogens is 388 g/mol. The van der Waals surface area contributed by atoms with E-state index >= 15 is 0 Å². The predicted molar refractivity (Wildman–Crippen MR) is 114 cm³/mol. The smallest absolute Gasteiger partial charge is 0.335 e. The van der Waals surface area contributed by atoms with Gasteiger partial charge in [-0.25, -0.2) is 14.8 Å². The summed E-state index contributed by atoms with van der Waals surface area (Å²) < 4.78 is 6.11. The lowest BCUT2D eigenvalue weighted by molar-refractivity contribution is 0.0697. The number of carbonyl (C=O) groups is 1. The monoisotopic (exact) mass is 404 g/mol. The molecular formula is C21H16N4O3S. The maximum atomic E-state index is 10.9. The van der Waals surface area contributed by atoms with Crippen LogP contribution in [-0.2, 0) is 0 Å². The quantitative estimate of drug-likeness (QED) is 0.362. The lowest BCUT2D eigenvalue weighted by Gasteiger charge is -2.01. The van der Waals surface area contributed by atoms with Crippen LogP contribution < -0.4 is 10.2 Å². The van der Waals surface area contributed by atoms with Crippen molar-refractivity contribution in [2.75, 3.05) is 12.5 Å². The standard InChI is InChI=1S/C21H16N4O3S/c1-28-16-8-6-14(7-9-16)18-10-17-19(29-18)20(23-12-22-17)25-24-11-13-2-4-15(5-3-13)21(26)27/h2-12H,1H3,(H,26,27)(H,22,23,25)/b24-11+. The van der Waals surface area contributed by atoms with Gasteiger partial charge in [0.1, 0.15) is 12.1 Å². The third kappa shape index (κ3) is 4.07. The minimum Gasteiger partial charge on any atom is -0.497 e. The molecule has 2 heterocycles. The number of hydrogen-bond acceptors (Lipinski definition) is 7. The lowest BCUT2D eigenvalue weighted by Crippen LogP contribution is -1.97. The van der Waals surface area contributed by atoms with Gasteiger partial charge in [-0.2, -0.15) is 5.10 Å². The molecule has 0 saturated heterocycles. The first kappa shape index (κ1) is 18.6. The Bertz CT molecular complexity index is 1190. The number of carboxylic acids is 1. The van der Waals surface area contributed by atoms with Crippen molar-refractivity contribution in [2.45, 2.75) is 0 Å². The number of fused-ring (bicyclic) bond motifs is 1. The Labute approximate surface area is 170 Å². The van der Waals surface area contributed by atoms with Gasteiger partial charge in [0.15, 0.2) is 5.82 Å². The van der Waals surface area contributed by atoms with Gasteiger partial charge in [0.2, 0.25) is 0 Å². The third-order valence-corrected chi connectivity index (χ3v) is 5.41. The maximum Gasteiger partial charge on any atom is 0.335 e. The highest BCUT2D eigenvalue weighted by Gasteiger charge is 2.10. The Morgan fingerprint density at radius 3 is 2.59 bits per heavy atom. The molecule has 0 bridgehead atoms. The van der Waals surface area contributed by atoms with E-state index in [0.29, 0.717) is 5.82 Å². The van der Waals surface area contributed by atoms with Crippen LogP contribution in [0, 0.1) is 0 Å². The van der Waals surface area contributed by atoms with E-state index in [1.165, 1.54) is 18.5 Å². The number of hydrogen-bond donors (Lipinski definition) is 2. The van der Waals surface area contributed by atoms with E-state index in [1.807, 2.05) is 30.3 Å². The molecule has 0 radical (unpaired) electrons. The van der Waals surface area contributed by atoms with Gasteiger partial charge in [-0.1, -0.05) is 12.1 Å². The molecule has 0 unspecified atom stereocenters. The first-order valence-electron chi connectivity index (χ1n) is 8.65. The van der Waals surface area contributed by atoms with Gasteiger partial charge in [-0.05, 0) is 53.6 Å². The van der Waals surface area contributed by atoms with E-state index < -0.39 is 5.97 Å². The fraction of sp³-hybridized carbons (Fsp3) is 0.0476. The second-order valence-corrected chi connectivity index (χ2v) is 7.13. The van der Waals surface area contributed by atoms with Gasteiger partial charge >= 0.3 is 5.97 Å². The molecule has 4 aromatic rings. The zero-order chi connectivity index (χ0) is 20.2. The van der Waals surface area contributed by atoms with E-state index in [0.717, 1.165) is 32.0 Å². The lowest BCUT2D eigenvalue weighted by atomic mass is 10.1. The van der Waals surface area contributed by atoms with Crippen molar-refractivity contribution < 1.29 is 14.6 Å². The fourth-order valence-corrected chi connectivity index (χ4v) is 3.77. The van der Waals surface area contributed by atoms with E-state index in [-0.39, 0.29) is 5.56 Å². The number of aromatic carboxylic acids is 1. The van der Waals surface area contributed by atoms with Crippen LogP contribution in [0.4, 0.5) is 5.82 Å². The minimum absolute atomic E-state index is 0.234. The molecule has 0 aliphatic rings. The van der Waals surface area contributed by atoms with E-state index in [1.54, 1.807) is 36.8 Å². The zero-order valence-electron chi connectivity index (χ0n) is 15.4. The molecule has 29 heavy (non-hydrogen) atoms. The highest BCUT2D eigenvalue weighted by molar-refractivity contribution is 7.22. The Hall–Kier alpha value is -3.78. The molecule has 2 aromatic carbocycles. The Morgan fingerprint density at radius 2 is 1.90 bits per heavy atom. The minimum atomic E-state index is -0.958. The molecule has 2 aromatic heterocycles. The van der Waals surface area contributed by atoms with Gasteiger partial charge in [0, 0.05) is 4.88 Å². The topological polar surface area (TPSA) is 96.7 Å². The molecule has 0 aliphatic carbocycles. The summed E-state index contributed by atoms with van der Waals surface area (Å²) in [5, 5.41) is 13.2. The molecule has 0 atom stereocenters. The summed E-state index contributed by atoms with van der Waals surface area (Å²) in [6, 6.07) is 16.3. The molecule has 2 N–H and O–H groups in total. The van der Waals surface area contributed by atoms with Crippen LogP contribution in [0.15, 0.2) is 66.0 Å². The van der Waals surface area contributed by atoms with Gasteiger partial charge in [0.05, 0.1) is 29.1 Å². The molecule has 0 aliphatic heterocycles. The highest BCUT2D eigenvalue weighted by Crippen LogP contribution is 2.36. The number of ether oxygens (including phenoxy) is 1. The van der Waals surface area contributed by atoms with Crippen molar-refractivity contribution in [1.82, 2.24) is 9.97 Å². The Morgan fingerprint density at radius 1 is 1.14 bits per heavy atom. The van der Waals surface area contributed by atoms with Crippen LogP contribution in [0.3, 0.4) is 0 Å². The summed E-state index contributed by atoms with van der Waals surface area (Å²) in [6.45, 7) is 0. The van der Waals surface area contributed by atoms with Gasteiger partial charge in [0.25, 0.3) is 0 Å². The second-order valence-electron chi connectivity index (χ2n) is 6.07. The Kier molecular flexibility index (Phi) is 5.17. The summed E-state index contributed by atoms with van der Waals surface area (Å²) in [5.74, 6) is 0.459. The van der Waals surface area contributed by atoms with Gasteiger partial charge in [-0.15, -0.1) is 11.3 Å². The van der Waals surface area contributed by atoms with Crippen molar-refractivity contribution >= 4 is 39.6 Å². The molecule has 0 saturated carbocycles. The normalized spacial score (nSPS) is 11.1. The number of nitrogens with zero attached hydrogens (tertiary/aromatic N) is 3. The Balaban J connectivity index is 1.55. The number of thiophene rings is 1. The van der Waals surface area contributed by atoms with Crippen LogP contribution >= 0.6 is 11.3 Å². The zero-order valence-corrected chi connectivity index (χ0v) is 16.2. The molecule has 0 spiro atoms. The average Bonchev–Trinajstić information content (AvgIpc) is 3.19. The van der Waals surface area contributed by atoms with Gasteiger partial charge < -0.3 is 9.84 Å². The van der Waals surface area contributed by atoms with Crippen LogP contribution in [0.2, 0.25) is 0 Å². The first-order valence-corrected chi connectivity index (χ1v) is 9.47. The van der Waals surface area contributed by atoms with Crippen LogP contribution in [0.1, 0.15) is 15.9 Å². The number of hydrazone groups is 1. The number of carboxylic acid groups (broad SMARTS) is 1. The van der Waals surface area contributed by atoms with E-state index in [9.17, 15) is 4.79 Å². The highest BCUT2D eigenvalue weighted by atomic mass is 32.1. The summed E-state index contributed by atoms with van der Waals surface area (Å²) in [5.41, 5.74) is 5.86. The van der Waals surface area contributed by atoms with Crippen LogP contribution in [0.5, 0.6) is 5.75 Å². The van der Waals surface area contributed by atoms with Crippen molar-refractivity contribution in [1.29, 1.82) is 0 Å². The second kappa shape index (κ2) is 8.07. The summed E-state index contributed by atoms with van der Waals surface area (Å²) in [4.78, 5) is 20.6. The van der Waals surface area contributed by atoms with Crippen LogP contribution in [0.25, 0.3) is 20.7 Å². The SMILES string of the molecule is COc1ccc(-c2cc3ncnc(N/N=C/c4ccc(C(=O)O)cc4)c3s2)cc1. The largest absolute Gasteiger partial charge is 0.497 e. The number of anilines is 1. The predicted octanol–water partition coefficient (Wildman–Crippen LogP) is 4.51. The molecule has 144 valence electrons. The summed E-state index contributed by atoms with van der Waals surface area (Å²) in [7, 11) is 1.64. The number of aromatic nitrogens is 2. The van der Waals surface area contributed by atoms with Crippen molar-refractivity contribution in [3.05, 3.63) is 72.1 Å². The summed E-state index contributed by atoms with van der Waals surface area (Å²) >= 11 is 1.57. The maximum absolute atomic E-state index is 10.9. The first-order chi connectivity index (χ1) is 14.1. The van der Waals surface area contributed by atoms with Crippen molar-refractivity contribution in [3.63, 3.8) is 0 Å². The van der Waals surface area contributed by atoms with E-state index in [4.69, 9.17) is 9.84 Å². The number of methoxy groups -OCH3 is 1. The molecule has 0 amide bonds. The number of benzene rings is 2. The van der Waals surface area contributed by atoms with E-state index in [2.05, 4.69) is 20.5 Å². The summed E-state index contributed by atoms with van der Waals surface area (Å²) in [6.07, 6.45) is 3.10. The molecule has 7 nitrogen and oxygen atoms in total.